The molecular formula is C11H21I3. The van der Waals surface area contributed by atoms with Crippen LogP contribution in [0.1, 0.15) is 64.7 Å². The van der Waals surface area contributed by atoms with E-state index in [1.807, 2.05) is 0 Å². The van der Waals surface area contributed by atoms with Crippen molar-refractivity contribution in [1.82, 2.24) is 0 Å². The van der Waals surface area contributed by atoms with Gasteiger partial charge in [0.1, 0.15) is -0.565 Å². The van der Waals surface area contributed by atoms with Crippen molar-refractivity contribution < 1.29 is 0 Å². The van der Waals surface area contributed by atoms with Crippen molar-refractivity contribution in [2.24, 2.45) is 0 Å². The van der Waals surface area contributed by atoms with E-state index in [0.29, 0.717) is -0.565 Å². The summed E-state index contributed by atoms with van der Waals surface area (Å²) in [6, 6.07) is 0. The number of alkyl halides is 3. The first-order valence-electron chi connectivity index (χ1n) is 5.63. The molecule has 14 heavy (non-hydrogen) atoms. The van der Waals surface area contributed by atoms with Crippen molar-refractivity contribution in [2.75, 3.05) is 0 Å². The molecule has 0 aromatic carbocycles. The van der Waals surface area contributed by atoms with Crippen LogP contribution in [0.15, 0.2) is 0 Å². The lowest BCUT2D eigenvalue weighted by Crippen LogP contribution is -1.97. The molecule has 0 saturated carbocycles. The van der Waals surface area contributed by atoms with Gasteiger partial charge >= 0.3 is 0 Å². The molecule has 0 bridgehead atoms. The second-order valence-corrected chi connectivity index (χ2v) is 15.6. The fourth-order valence-electron chi connectivity index (χ4n) is 1.46. The monoisotopic (exact) mass is 534 g/mol. The van der Waals surface area contributed by atoms with E-state index < -0.39 is 0 Å². The van der Waals surface area contributed by atoms with E-state index in [9.17, 15) is 0 Å². The molecule has 0 heterocycles. The van der Waals surface area contributed by atoms with Crippen LogP contribution in [0.4, 0.5) is 0 Å². The maximum absolute atomic E-state index is 2.53. The molecule has 3 heteroatoms. The molecule has 0 atom stereocenters. The normalized spacial score (nSPS) is 12.0. The number of unbranched alkanes of at least 4 members (excludes halogenated alkanes) is 7. The third kappa shape index (κ3) is 14.2. The molecule has 0 nitrogen and oxygen atoms in total. The molecule has 86 valence electrons. The lowest BCUT2D eigenvalue weighted by atomic mass is 10.1. The summed E-state index contributed by atoms with van der Waals surface area (Å²) in [5.41, 5.74) is 0. The molecule has 0 aromatic rings. The summed E-state index contributed by atoms with van der Waals surface area (Å²) >= 11 is 7.59. The SMILES string of the molecule is CCCCCCCCCCC(I)(I)I. The minimum absolute atomic E-state index is 0.454. The Morgan fingerprint density at radius 2 is 1.14 bits per heavy atom. The van der Waals surface area contributed by atoms with Crippen LogP contribution in [0.25, 0.3) is 0 Å². The lowest BCUT2D eigenvalue weighted by Gasteiger charge is -2.11. The van der Waals surface area contributed by atoms with Gasteiger partial charge in [0.15, 0.2) is 0 Å². The largest absolute Gasteiger partial charge is 0.124 e. The topological polar surface area (TPSA) is 0 Å². The molecule has 0 spiro atoms. The molecule has 0 fully saturated rings. The van der Waals surface area contributed by atoms with Crippen LogP contribution in [0.2, 0.25) is 0 Å². The molecule has 0 aliphatic heterocycles. The van der Waals surface area contributed by atoms with E-state index in [0.717, 1.165) is 0 Å². The first-order valence-corrected chi connectivity index (χ1v) is 8.86. The van der Waals surface area contributed by atoms with E-state index in [4.69, 9.17) is 0 Å². The number of halogens is 3. The van der Waals surface area contributed by atoms with Gasteiger partial charge in [0.2, 0.25) is 0 Å². The van der Waals surface area contributed by atoms with Crippen LogP contribution in [0, 0.1) is 0 Å². The number of rotatable bonds is 9. The molecule has 0 aliphatic rings. The first kappa shape index (κ1) is 16.2. The van der Waals surface area contributed by atoms with Crippen molar-refractivity contribution in [3.63, 3.8) is 0 Å². The van der Waals surface area contributed by atoms with Crippen LogP contribution in [0.5, 0.6) is 0 Å². The summed E-state index contributed by atoms with van der Waals surface area (Å²) in [5.74, 6) is 0. The molecule has 0 radical (unpaired) electrons. The maximum Gasteiger partial charge on any atom is 0.124 e. The van der Waals surface area contributed by atoms with Crippen LogP contribution in [-0.2, 0) is 0 Å². The second kappa shape index (κ2) is 10.4. The molecule has 0 unspecified atom stereocenters. The van der Waals surface area contributed by atoms with Gasteiger partial charge < -0.3 is 0 Å². The Hall–Kier alpha value is 2.19. The summed E-state index contributed by atoms with van der Waals surface area (Å²) < 4.78 is 0.454. The molecule has 0 aliphatic carbocycles. The zero-order valence-electron chi connectivity index (χ0n) is 9.00. The van der Waals surface area contributed by atoms with Crippen molar-refractivity contribution in [3.05, 3.63) is 0 Å². The Bertz CT molecular complexity index is 118. The van der Waals surface area contributed by atoms with Gasteiger partial charge in [0, 0.05) is 0 Å². The van der Waals surface area contributed by atoms with Crippen molar-refractivity contribution >= 4 is 67.8 Å². The molecule has 0 saturated heterocycles. The highest BCUT2D eigenvalue weighted by Gasteiger charge is 2.15. The summed E-state index contributed by atoms with van der Waals surface area (Å²) in [5, 5.41) is 0. The first-order chi connectivity index (χ1) is 6.56. The number of hydrogen-bond donors (Lipinski definition) is 0. The Labute approximate surface area is 130 Å². The van der Waals surface area contributed by atoms with Crippen LogP contribution < -0.4 is 0 Å². The molecular weight excluding hydrogens is 513 g/mol. The highest BCUT2D eigenvalue weighted by molar-refractivity contribution is 14.3. The lowest BCUT2D eigenvalue weighted by molar-refractivity contribution is 0.572. The fourth-order valence-corrected chi connectivity index (χ4v) is 2.60. The highest BCUT2D eigenvalue weighted by Crippen LogP contribution is 2.40. The molecule has 0 aromatic heterocycles. The van der Waals surface area contributed by atoms with Crippen molar-refractivity contribution in [3.8, 4) is 0 Å². The summed E-state index contributed by atoms with van der Waals surface area (Å²) in [7, 11) is 0. The average Bonchev–Trinajstić information content (AvgIpc) is 2.08. The minimum atomic E-state index is 0.454. The zero-order chi connectivity index (χ0) is 10.9. The third-order valence-electron chi connectivity index (χ3n) is 2.31. The van der Waals surface area contributed by atoms with E-state index in [1.54, 1.807) is 0 Å². The van der Waals surface area contributed by atoms with Crippen LogP contribution >= 0.6 is 67.8 Å². The Morgan fingerprint density at radius 1 is 0.714 bits per heavy atom. The summed E-state index contributed by atoms with van der Waals surface area (Å²) in [4.78, 5) is 0. The van der Waals surface area contributed by atoms with Gasteiger partial charge in [-0.1, -0.05) is 126 Å². The van der Waals surface area contributed by atoms with Gasteiger partial charge in [-0.3, -0.25) is 0 Å². The predicted molar refractivity (Wildman–Crippen MR) is 92.0 cm³/mol. The second-order valence-electron chi connectivity index (χ2n) is 3.84. The van der Waals surface area contributed by atoms with Crippen molar-refractivity contribution in [2.45, 2.75) is 64.1 Å². The molecule has 0 rings (SSSR count). The van der Waals surface area contributed by atoms with Gasteiger partial charge in [-0.15, -0.1) is 0 Å². The Morgan fingerprint density at radius 3 is 1.57 bits per heavy atom. The van der Waals surface area contributed by atoms with Gasteiger partial charge in [0.25, 0.3) is 0 Å². The smallest absolute Gasteiger partial charge is 0.0654 e. The Balaban J connectivity index is 2.99. The zero-order valence-corrected chi connectivity index (χ0v) is 15.5. The van der Waals surface area contributed by atoms with E-state index >= 15 is 0 Å². The van der Waals surface area contributed by atoms with E-state index in [2.05, 4.69) is 74.7 Å². The van der Waals surface area contributed by atoms with E-state index in [1.165, 1.54) is 57.8 Å². The van der Waals surface area contributed by atoms with Crippen LogP contribution in [0.3, 0.4) is 0 Å². The molecule has 0 N–H and O–H groups in total. The standard InChI is InChI=1S/C11H21I3/c1-2-3-4-5-6-7-8-9-10-11(12,13)14/h2-10H2,1H3. The average molecular weight is 534 g/mol. The minimum Gasteiger partial charge on any atom is -0.0654 e. The van der Waals surface area contributed by atoms with Crippen LogP contribution in [-0.4, -0.2) is -0.565 Å². The van der Waals surface area contributed by atoms with Gasteiger partial charge in [-0.25, -0.2) is 0 Å². The van der Waals surface area contributed by atoms with Gasteiger partial charge in [0.05, 0.1) is 0 Å². The van der Waals surface area contributed by atoms with Gasteiger partial charge in [-0.05, 0) is 6.42 Å². The van der Waals surface area contributed by atoms with Crippen molar-refractivity contribution in [1.29, 1.82) is 0 Å². The molecule has 0 amide bonds. The third-order valence-corrected chi connectivity index (χ3v) is 3.93. The fraction of sp³-hybridized carbons (Fsp3) is 1.00. The highest BCUT2D eigenvalue weighted by atomic mass is 127. The quantitative estimate of drug-likeness (QED) is 0.181. The predicted octanol–water partition coefficient (Wildman–Crippen LogP) is 6.48. The maximum atomic E-state index is 2.53. The Kier molecular flexibility index (Phi) is 12.0. The summed E-state index contributed by atoms with van der Waals surface area (Å²) in [6.07, 6.45) is 12.8. The number of hydrogen-bond acceptors (Lipinski definition) is 0. The van der Waals surface area contributed by atoms with Gasteiger partial charge in [-0.2, -0.15) is 0 Å². The van der Waals surface area contributed by atoms with E-state index in [-0.39, 0.29) is 0 Å². The summed E-state index contributed by atoms with van der Waals surface area (Å²) in [6.45, 7) is 2.28.